The van der Waals surface area contributed by atoms with Gasteiger partial charge in [0.2, 0.25) is 5.91 Å². The molecule has 172 valence electrons. The molecule has 2 amide bonds. The number of aromatic nitrogens is 2. The lowest BCUT2D eigenvalue weighted by atomic mass is 9.90. The zero-order chi connectivity index (χ0) is 23.9. The van der Waals surface area contributed by atoms with Gasteiger partial charge in [-0.2, -0.15) is 5.10 Å². The first-order valence-corrected chi connectivity index (χ1v) is 11.5. The van der Waals surface area contributed by atoms with E-state index in [9.17, 15) is 9.59 Å². The van der Waals surface area contributed by atoms with Crippen LogP contribution in [0.5, 0.6) is 0 Å². The molecule has 0 bridgehead atoms. The van der Waals surface area contributed by atoms with Crippen LogP contribution in [-0.2, 0) is 4.79 Å². The van der Waals surface area contributed by atoms with Crippen molar-refractivity contribution >= 4 is 17.6 Å². The largest absolute Gasteiger partial charge is 0.339 e. The summed E-state index contributed by atoms with van der Waals surface area (Å²) in [5, 5.41) is 7.52. The second kappa shape index (κ2) is 10.6. The van der Waals surface area contributed by atoms with Crippen molar-refractivity contribution in [2.45, 2.75) is 19.8 Å². The zero-order valence-corrected chi connectivity index (χ0v) is 19.4. The monoisotopic (exact) mass is 452 g/mol. The van der Waals surface area contributed by atoms with Gasteiger partial charge in [-0.1, -0.05) is 78.9 Å². The number of rotatable bonds is 8. The lowest BCUT2D eigenvalue weighted by molar-refractivity contribution is -0.116. The predicted octanol–water partition coefficient (Wildman–Crippen LogP) is 5.12. The second-order valence-corrected chi connectivity index (χ2v) is 7.88. The quantitative estimate of drug-likeness (QED) is 0.403. The zero-order valence-electron chi connectivity index (χ0n) is 19.4. The molecule has 3 aromatic carbocycles. The third-order valence-electron chi connectivity index (χ3n) is 5.82. The molecule has 0 spiro atoms. The van der Waals surface area contributed by atoms with Crippen molar-refractivity contribution in [1.29, 1.82) is 0 Å². The number of amides is 2. The molecule has 4 rings (SSSR count). The SMILES string of the molecule is CCN(CC)C(=O)c1cnn(-c2ccccc2)c1NC(=O)C(c1ccccc1)c1ccccc1. The number of hydrogen-bond donors (Lipinski definition) is 1. The van der Waals surface area contributed by atoms with Gasteiger partial charge >= 0.3 is 0 Å². The Morgan fingerprint density at radius 2 is 1.32 bits per heavy atom. The molecule has 1 heterocycles. The van der Waals surface area contributed by atoms with Crippen LogP contribution in [0, 0.1) is 0 Å². The summed E-state index contributed by atoms with van der Waals surface area (Å²) in [6, 6.07) is 28.8. The molecule has 0 aliphatic heterocycles. The van der Waals surface area contributed by atoms with Crippen molar-refractivity contribution in [3.8, 4) is 5.69 Å². The van der Waals surface area contributed by atoms with Crippen molar-refractivity contribution in [2.24, 2.45) is 0 Å². The Labute approximate surface area is 199 Å². The number of carbonyl (C=O) groups excluding carboxylic acids is 2. The lowest BCUT2D eigenvalue weighted by Crippen LogP contribution is -2.32. The molecule has 1 N–H and O–H groups in total. The van der Waals surface area contributed by atoms with Crippen molar-refractivity contribution in [1.82, 2.24) is 14.7 Å². The van der Waals surface area contributed by atoms with Crippen LogP contribution in [0.15, 0.2) is 97.2 Å². The van der Waals surface area contributed by atoms with E-state index in [4.69, 9.17) is 0 Å². The maximum atomic E-state index is 13.8. The molecule has 1 aromatic heterocycles. The molecule has 0 aliphatic carbocycles. The van der Waals surface area contributed by atoms with E-state index in [0.717, 1.165) is 16.8 Å². The van der Waals surface area contributed by atoms with Crippen LogP contribution >= 0.6 is 0 Å². The van der Waals surface area contributed by atoms with Gasteiger partial charge in [-0.3, -0.25) is 9.59 Å². The van der Waals surface area contributed by atoms with Crippen LogP contribution in [0.4, 0.5) is 5.82 Å². The fourth-order valence-corrected chi connectivity index (χ4v) is 4.05. The van der Waals surface area contributed by atoms with E-state index in [1.54, 1.807) is 9.58 Å². The molecule has 34 heavy (non-hydrogen) atoms. The maximum absolute atomic E-state index is 13.8. The number of benzene rings is 3. The van der Waals surface area contributed by atoms with Gasteiger partial charge in [0.1, 0.15) is 11.4 Å². The van der Waals surface area contributed by atoms with Crippen molar-refractivity contribution in [3.05, 3.63) is 114 Å². The minimum atomic E-state index is -0.544. The minimum absolute atomic E-state index is 0.168. The number of hydrogen-bond acceptors (Lipinski definition) is 3. The summed E-state index contributed by atoms with van der Waals surface area (Å²) in [4.78, 5) is 28.8. The molecule has 0 fully saturated rings. The fraction of sp³-hybridized carbons (Fsp3) is 0.179. The topological polar surface area (TPSA) is 67.2 Å². The summed E-state index contributed by atoms with van der Waals surface area (Å²) < 4.78 is 1.61. The number of carbonyl (C=O) groups is 2. The smallest absolute Gasteiger partial charge is 0.259 e. The van der Waals surface area contributed by atoms with E-state index < -0.39 is 5.92 Å². The van der Waals surface area contributed by atoms with E-state index in [0.29, 0.717) is 24.5 Å². The molecular formula is C28H28N4O2. The highest BCUT2D eigenvalue weighted by Crippen LogP contribution is 2.28. The average molecular weight is 453 g/mol. The molecule has 0 saturated carbocycles. The van der Waals surface area contributed by atoms with Gasteiger partial charge in [-0.05, 0) is 37.1 Å². The molecule has 0 aliphatic rings. The Balaban J connectivity index is 1.78. The Kier molecular flexibility index (Phi) is 7.18. The van der Waals surface area contributed by atoms with Crippen molar-refractivity contribution in [2.75, 3.05) is 18.4 Å². The summed E-state index contributed by atoms with van der Waals surface area (Å²) in [5.74, 6) is -0.579. The van der Waals surface area contributed by atoms with Crippen LogP contribution in [0.3, 0.4) is 0 Å². The van der Waals surface area contributed by atoms with Crippen LogP contribution in [-0.4, -0.2) is 39.6 Å². The molecule has 6 nitrogen and oxygen atoms in total. The van der Waals surface area contributed by atoms with Gasteiger partial charge in [-0.25, -0.2) is 4.68 Å². The maximum Gasteiger partial charge on any atom is 0.259 e. The van der Waals surface area contributed by atoms with E-state index in [1.807, 2.05) is 105 Å². The number of anilines is 1. The van der Waals surface area contributed by atoms with Gasteiger partial charge in [0.15, 0.2) is 0 Å². The van der Waals surface area contributed by atoms with E-state index in [1.165, 1.54) is 6.20 Å². The van der Waals surface area contributed by atoms with Gasteiger partial charge < -0.3 is 10.2 Å². The van der Waals surface area contributed by atoms with E-state index >= 15 is 0 Å². The Morgan fingerprint density at radius 1 is 0.824 bits per heavy atom. The summed E-state index contributed by atoms with van der Waals surface area (Å²) >= 11 is 0. The van der Waals surface area contributed by atoms with Crippen LogP contribution in [0.2, 0.25) is 0 Å². The Morgan fingerprint density at radius 3 is 1.82 bits per heavy atom. The average Bonchev–Trinajstić information content (AvgIpc) is 3.30. The van der Waals surface area contributed by atoms with E-state index in [-0.39, 0.29) is 11.8 Å². The first-order valence-electron chi connectivity index (χ1n) is 11.5. The Bertz CT molecular complexity index is 1190. The molecule has 0 saturated heterocycles. The van der Waals surface area contributed by atoms with Gasteiger partial charge in [0.05, 0.1) is 17.8 Å². The highest BCUT2D eigenvalue weighted by atomic mass is 16.2. The van der Waals surface area contributed by atoms with Gasteiger partial charge in [0.25, 0.3) is 5.91 Å². The lowest BCUT2D eigenvalue weighted by Gasteiger charge is -2.21. The molecule has 0 atom stereocenters. The summed E-state index contributed by atoms with van der Waals surface area (Å²) in [6.45, 7) is 5.00. The molecule has 0 radical (unpaired) electrons. The molecule has 4 aromatic rings. The van der Waals surface area contributed by atoms with Crippen LogP contribution < -0.4 is 5.32 Å². The number of para-hydroxylation sites is 1. The number of nitrogens with one attached hydrogen (secondary N) is 1. The Hall–Kier alpha value is -4.19. The first kappa shape index (κ1) is 23.0. The summed E-state index contributed by atoms with van der Waals surface area (Å²) in [6.07, 6.45) is 1.53. The standard InChI is InChI=1S/C28H28N4O2/c1-3-31(4-2)28(34)24-20-29-32(23-18-12-7-13-19-23)26(24)30-27(33)25(21-14-8-5-9-15-21)22-16-10-6-11-17-22/h5-20,25H,3-4H2,1-2H3,(H,30,33). The highest BCUT2D eigenvalue weighted by Gasteiger charge is 2.28. The van der Waals surface area contributed by atoms with Crippen molar-refractivity contribution < 1.29 is 9.59 Å². The van der Waals surface area contributed by atoms with Crippen molar-refractivity contribution in [3.63, 3.8) is 0 Å². The second-order valence-electron chi connectivity index (χ2n) is 7.88. The molecule has 0 unspecified atom stereocenters. The number of nitrogens with zero attached hydrogens (tertiary/aromatic N) is 3. The van der Waals surface area contributed by atoms with Crippen LogP contribution in [0.1, 0.15) is 41.3 Å². The summed E-state index contributed by atoms with van der Waals surface area (Å²) in [7, 11) is 0. The van der Waals surface area contributed by atoms with E-state index in [2.05, 4.69) is 10.4 Å². The first-order chi connectivity index (χ1) is 16.6. The van der Waals surface area contributed by atoms with Crippen LogP contribution in [0.25, 0.3) is 5.69 Å². The third kappa shape index (κ3) is 4.76. The third-order valence-corrected chi connectivity index (χ3v) is 5.82. The highest BCUT2D eigenvalue weighted by molar-refractivity contribution is 6.05. The summed E-state index contributed by atoms with van der Waals surface area (Å²) in [5.41, 5.74) is 2.86. The van der Waals surface area contributed by atoms with Gasteiger partial charge in [-0.15, -0.1) is 0 Å². The minimum Gasteiger partial charge on any atom is -0.339 e. The predicted molar refractivity (Wildman–Crippen MR) is 134 cm³/mol. The molecular weight excluding hydrogens is 424 g/mol. The fourth-order valence-electron chi connectivity index (χ4n) is 4.05. The molecule has 6 heteroatoms. The van der Waals surface area contributed by atoms with Gasteiger partial charge in [0, 0.05) is 13.1 Å². The normalized spacial score (nSPS) is 10.8.